The summed E-state index contributed by atoms with van der Waals surface area (Å²) in [5.74, 6) is 0. The lowest BCUT2D eigenvalue weighted by molar-refractivity contribution is 0.884. The van der Waals surface area contributed by atoms with E-state index < -0.39 is 0 Å². The molecule has 0 saturated heterocycles. The molecule has 0 unspecified atom stereocenters. The lowest BCUT2D eigenvalue weighted by atomic mass is 10.4. The van der Waals surface area contributed by atoms with E-state index in [1.54, 1.807) is 19.2 Å². The van der Waals surface area contributed by atoms with E-state index in [4.69, 9.17) is 5.26 Å². The summed E-state index contributed by atoms with van der Waals surface area (Å²) in [6.45, 7) is 5.46. The predicted octanol–water partition coefficient (Wildman–Crippen LogP) is 1.25. The maximum Gasteiger partial charge on any atom is 0.143 e. The molecular weight excluding hydrogens is 126 g/mol. The molecule has 10 heavy (non-hydrogen) atoms. The van der Waals surface area contributed by atoms with Gasteiger partial charge in [-0.15, -0.1) is 0 Å². The molecular formula is C7H7N3. The summed E-state index contributed by atoms with van der Waals surface area (Å²) < 4.78 is 1.50. The van der Waals surface area contributed by atoms with Crippen molar-refractivity contribution in [1.29, 1.82) is 5.26 Å². The van der Waals surface area contributed by atoms with Gasteiger partial charge in [0.1, 0.15) is 11.8 Å². The molecule has 0 bridgehead atoms. The van der Waals surface area contributed by atoms with Crippen LogP contribution in [0, 0.1) is 11.3 Å². The monoisotopic (exact) mass is 133 g/mol. The van der Waals surface area contributed by atoms with Crippen molar-refractivity contribution >= 4 is 5.70 Å². The van der Waals surface area contributed by atoms with Crippen LogP contribution in [0.4, 0.5) is 0 Å². The fourth-order valence-corrected chi connectivity index (χ4v) is 0.692. The first-order valence-corrected chi connectivity index (χ1v) is 2.85. The van der Waals surface area contributed by atoms with Crippen LogP contribution in [-0.4, -0.2) is 9.78 Å². The van der Waals surface area contributed by atoms with E-state index in [0.29, 0.717) is 5.69 Å². The number of hydrogen-bond donors (Lipinski definition) is 0. The van der Waals surface area contributed by atoms with Gasteiger partial charge in [-0.3, -0.25) is 0 Å². The van der Waals surface area contributed by atoms with Crippen molar-refractivity contribution in [1.82, 2.24) is 9.78 Å². The van der Waals surface area contributed by atoms with Crippen LogP contribution in [0.2, 0.25) is 0 Å². The fourth-order valence-electron chi connectivity index (χ4n) is 0.692. The molecule has 50 valence electrons. The highest BCUT2D eigenvalue weighted by Crippen LogP contribution is 2.02. The Bertz CT molecular complexity index is 290. The summed E-state index contributed by atoms with van der Waals surface area (Å²) in [6, 6.07) is 3.64. The molecule has 0 atom stereocenters. The number of nitrogens with zero attached hydrogens (tertiary/aromatic N) is 3. The zero-order valence-corrected chi connectivity index (χ0v) is 5.70. The van der Waals surface area contributed by atoms with Gasteiger partial charge in [0, 0.05) is 5.70 Å². The van der Waals surface area contributed by atoms with Crippen LogP contribution in [0.15, 0.2) is 18.8 Å². The first-order chi connectivity index (χ1) is 4.75. The molecule has 1 aromatic rings. The second kappa shape index (κ2) is 2.36. The van der Waals surface area contributed by atoms with Crippen molar-refractivity contribution in [2.45, 2.75) is 6.92 Å². The Morgan fingerprint density at radius 2 is 2.60 bits per heavy atom. The molecule has 0 aliphatic carbocycles. The minimum atomic E-state index is 0.521. The highest BCUT2D eigenvalue weighted by atomic mass is 15.3. The van der Waals surface area contributed by atoms with Crippen LogP contribution in [0.1, 0.15) is 12.6 Å². The maximum atomic E-state index is 8.50. The second-order valence-corrected chi connectivity index (χ2v) is 1.98. The Balaban J connectivity index is 3.17. The number of nitriles is 1. The predicted molar refractivity (Wildman–Crippen MR) is 37.9 cm³/mol. The van der Waals surface area contributed by atoms with E-state index in [2.05, 4.69) is 11.7 Å². The zero-order chi connectivity index (χ0) is 7.56. The SMILES string of the molecule is C=C(C)n1nccc1C#N. The molecule has 0 aliphatic heterocycles. The van der Waals surface area contributed by atoms with Crippen LogP contribution in [0.25, 0.3) is 5.70 Å². The van der Waals surface area contributed by atoms with E-state index >= 15 is 0 Å². The Labute approximate surface area is 59.2 Å². The van der Waals surface area contributed by atoms with Crippen LogP contribution >= 0.6 is 0 Å². The van der Waals surface area contributed by atoms with Gasteiger partial charge in [-0.25, -0.2) is 4.68 Å². The highest BCUT2D eigenvalue weighted by Gasteiger charge is 1.98. The summed E-state index contributed by atoms with van der Waals surface area (Å²) in [5, 5.41) is 12.4. The van der Waals surface area contributed by atoms with E-state index in [0.717, 1.165) is 5.70 Å². The van der Waals surface area contributed by atoms with E-state index in [9.17, 15) is 0 Å². The molecule has 0 fully saturated rings. The van der Waals surface area contributed by atoms with Crippen molar-refractivity contribution in [3.8, 4) is 6.07 Å². The first-order valence-electron chi connectivity index (χ1n) is 2.85. The van der Waals surface area contributed by atoms with Gasteiger partial charge in [0.15, 0.2) is 0 Å². The molecule has 0 N–H and O–H groups in total. The maximum absolute atomic E-state index is 8.50. The van der Waals surface area contributed by atoms with Gasteiger partial charge >= 0.3 is 0 Å². The number of hydrogen-bond acceptors (Lipinski definition) is 2. The average Bonchev–Trinajstić information content (AvgIpc) is 2.33. The highest BCUT2D eigenvalue weighted by molar-refractivity contribution is 5.41. The third kappa shape index (κ3) is 0.914. The van der Waals surface area contributed by atoms with Crippen molar-refractivity contribution < 1.29 is 0 Å². The molecule has 3 heteroatoms. The molecule has 1 aromatic heterocycles. The van der Waals surface area contributed by atoms with Gasteiger partial charge in [-0.2, -0.15) is 10.4 Å². The van der Waals surface area contributed by atoms with E-state index in [-0.39, 0.29) is 0 Å². The molecule has 1 heterocycles. The first kappa shape index (κ1) is 6.56. The summed E-state index contributed by atoms with van der Waals surface area (Å²) in [5.41, 5.74) is 1.27. The quantitative estimate of drug-likeness (QED) is 0.578. The minimum absolute atomic E-state index is 0.521. The normalized spacial score (nSPS) is 8.80. The van der Waals surface area contributed by atoms with Crippen LogP contribution in [-0.2, 0) is 0 Å². The Morgan fingerprint density at radius 3 is 3.00 bits per heavy atom. The molecule has 0 aromatic carbocycles. The van der Waals surface area contributed by atoms with E-state index in [1.165, 1.54) is 4.68 Å². The molecule has 0 radical (unpaired) electrons. The molecule has 0 amide bonds. The van der Waals surface area contributed by atoms with Gasteiger partial charge < -0.3 is 0 Å². The average molecular weight is 133 g/mol. The lowest BCUT2D eigenvalue weighted by Gasteiger charge is -1.97. The van der Waals surface area contributed by atoms with Gasteiger partial charge in [-0.05, 0) is 13.0 Å². The summed E-state index contributed by atoms with van der Waals surface area (Å²) in [6.07, 6.45) is 1.58. The van der Waals surface area contributed by atoms with Crippen LogP contribution in [0.3, 0.4) is 0 Å². The zero-order valence-electron chi connectivity index (χ0n) is 5.70. The molecule has 0 spiro atoms. The van der Waals surface area contributed by atoms with E-state index in [1.807, 2.05) is 6.07 Å². The second-order valence-electron chi connectivity index (χ2n) is 1.98. The van der Waals surface area contributed by atoms with Gasteiger partial charge in [-0.1, -0.05) is 6.58 Å². The van der Waals surface area contributed by atoms with Crippen molar-refractivity contribution in [3.05, 3.63) is 24.5 Å². The number of rotatable bonds is 1. The standard InChI is InChI=1S/C7H7N3/c1-6(2)10-7(5-8)3-4-9-10/h3-4H,1H2,2H3. The summed E-state index contributed by atoms with van der Waals surface area (Å²) >= 11 is 0. The molecule has 1 rings (SSSR count). The Kier molecular flexibility index (Phi) is 1.55. The van der Waals surface area contributed by atoms with Crippen molar-refractivity contribution in [2.75, 3.05) is 0 Å². The van der Waals surface area contributed by atoms with Gasteiger partial charge in [0.25, 0.3) is 0 Å². The number of allylic oxidation sites excluding steroid dienone is 1. The molecule has 3 nitrogen and oxygen atoms in total. The van der Waals surface area contributed by atoms with Crippen LogP contribution in [0.5, 0.6) is 0 Å². The fraction of sp³-hybridized carbons (Fsp3) is 0.143. The molecule has 0 saturated carbocycles. The summed E-state index contributed by atoms with van der Waals surface area (Å²) in [4.78, 5) is 0. The van der Waals surface area contributed by atoms with Gasteiger partial charge in [0.05, 0.1) is 6.20 Å². The lowest BCUT2D eigenvalue weighted by Crippen LogP contribution is -1.96. The van der Waals surface area contributed by atoms with Gasteiger partial charge in [0.2, 0.25) is 0 Å². The Morgan fingerprint density at radius 1 is 1.90 bits per heavy atom. The van der Waals surface area contributed by atoms with Crippen LogP contribution < -0.4 is 0 Å². The smallest absolute Gasteiger partial charge is 0.143 e. The Hall–Kier alpha value is -1.56. The van der Waals surface area contributed by atoms with Crippen molar-refractivity contribution in [2.24, 2.45) is 0 Å². The third-order valence-corrected chi connectivity index (χ3v) is 1.12. The van der Waals surface area contributed by atoms with Crippen molar-refractivity contribution in [3.63, 3.8) is 0 Å². The number of aromatic nitrogens is 2. The largest absolute Gasteiger partial charge is 0.228 e. The topological polar surface area (TPSA) is 41.6 Å². The third-order valence-electron chi connectivity index (χ3n) is 1.12. The minimum Gasteiger partial charge on any atom is -0.228 e. The molecule has 0 aliphatic rings. The summed E-state index contributed by atoms with van der Waals surface area (Å²) in [7, 11) is 0.